The summed E-state index contributed by atoms with van der Waals surface area (Å²) in [6.07, 6.45) is 0.896. The highest BCUT2D eigenvalue weighted by Gasteiger charge is 2.25. The second kappa shape index (κ2) is 5.73. The van der Waals surface area contributed by atoms with Crippen molar-refractivity contribution < 1.29 is 4.92 Å². The maximum absolute atomic E-state index is 11.2. The quantitative estimate of drug-likeness (QED) is 0.580. The van der Waals surface area contributed by atoms with Gasteiger partial charge in [-0.3, -0.25) is 10.1 Å². The molecule has 0 saturated carbocycles. The van der Waals surface area contributed by atoms with Gasteiger partial charge in [0.15, 0.2) is 0 Å². The first kappa shape index (κ1) is 15.4. The molecule has 0 atom stereocenters. The van der Waals surface area contributed by atoms with Crippen molar-refractivity contribution in [2.45, 2.75) is 20.3 Å². The molecule has 1 N–H and O–H groups in total. The molecular weight excluding hydrogens is 316 g/mol. The third-order valence-corrected chi connectivity index (χ3v) is 4.68. The van der Waals surface area contributed by atoms with E-state index in [1.165, 1.54) is 11.6 Å². The first-order chi connectivity index (χ1) is 12.1. The van der Waals surface area contributed by atoms with Gasteiger partial charge >= 0.3 is 0 Å². The largest absolute Gasteiger partial charge is 0.369 e. The first-order valence-electron chi connectivity index (χ1n) is 8.23. The molecule has 2 heterocycles. The summed E-state index contributed by atoms with van der Waals surface area (Å²) in [6, 6.07) is 13.0. The van der Waals surface area contributed by atoms with E-state index in [0.717, 1.165) is 46.9 Å². The Morgan fingerprint density at radius 3 is 2.72 bits per heavy atom. The predicted molar refractivity (Wildman–Crippen MR) is 97.3 cm³/mol. The molecule has 0 aliphatic carbocycles. The molecule has 3 aromatic rings. The summed E-state index contributed by atoms with van der Waals surface area (Å²) in [5.41, 5.74) is 6.13. The van der Waals surface area contributed by atoms with Crippen LogP contribution in [0.4, 0.5) is 11.5 Å². The van der Waals surface area contributed by atoms with Gasteiger partial charge in [-0.15, -0.1) is 0 Å². The smallest absolute Gasteiger partial charge is 0.271 e. The summed E-state index contributed by atoms with van der Waals surface area (Å²) in [4.78, 5) is 10.8. The van der Waals surface area contributed by atoms with Crippen molar-refractivity contribution in [3.63, 3.8) is 0 Å². The van der Waals surface area contributed by atoms with Gasteiger partial charge in [0.2, 0.25) is 0 Å². The van der Waals surface area contributed by atoms with Crippen molar-refractivity contribution in [2.75, 3.05) is 11.9 Å². The lowest BCUT2D eigenvalue weighted by Gasteiger charge is -2.09. The molecule has 1 aromatic heterocycles. The van der Waals surface area contributed by atoms with E-state index in [-0.39, 0.29) is 10.6 Å². The monoisotopic (exact) mass is 334 g/mol. The van der Waals surface area contributed by atoms with Crippen LogP contribution in [0.2, 0.25) is 0 Å². The fourth-order valence-corrected chi connectivity index (χ4v) is 3.34. The van der Waals surface area contributed by atoms with Crippen molar-refractivity contribution in [3.8, 4) is 16.9 Å². The Morgan fingerprint density at radius 1 is 1.16 bits per heavy atom. The Kier molecular flexibility index (Phi) is 3.53. The maximum atomic E-state index is 11.2. The number of benzene rings is 2. The second-order valence-electron chi connectivity index (χ2n) is 6.31. The molecule has 6 nitrogen and oxygen atoms in total. The zero-order valence-corrected chi connectivity index (χ0v) is 14.1. The molecule has 1 aliphatic heterocycles. The van der Waals surface area contributed by atoms with E-state index in [4.69, 9.17) is 5.10 Å². The van der Waals surface area contributed by atoms with Crippen molar-refractivity contribution in [3.05, 3.63) is 69.3 Å². The van der Waals surface area contributed by atoms with Gasteiger partial charge in [-0.1, -0.05) is 30.3 Å². The van der Waals surface area contributed by atoms with E-state index >= 15 is 0 Å². The normalized spacial score (nSPS) is 12.7. The van der Waals surface area contributed by atoms with Crippen molar-refractivity contribution in [1.29, 1.82) is 0 Å². The van der Waals surface area contributed by atoms with Crippen LogP contribution in [0.1, 0.15) is 16.7 Å². The number of hydrogen-bond acceptors (Lipinski definition) is 4. The highest BCUT2D eigenvalue weighted by atomic mass is 16.6. The highest BCUT2D eigenvalue weighted by Crippen LogP contribution is 2.36. The first-order valence-corrected chi connectivity index (χ1v) is 8.23. The van der Waals surface area contributed by atoms with Gasteiger partial charge in [0, 0.05) is 29.8 Å². The van der Waals surface area contributed by atoms with Crippen LogP contribution < -0.4 is 5.32 Å². The summed E-state index contributed by atoms with van der Waals surface area (Å²) in [6.45, 7) is 4.86. The number of nitro benzene ring substituents is 1. The summed E-state index contributed by atoms with van der Waals surface area (Å²) >= 11 is 0. The van der Waals surface area contributed by atoms with E-state index in [0.29, 0.717) is 0 Å². The highest BCUT2D eigenvalue weighted by molar-refractivity contribution is 5.75. The molecule has 1 aliphatic rings. The molecule has 6 heteroatoms. The van der Waals surface area contributed by atoms with Gasteiger partial charge in [-0.2, -0.15) is 5.10 Å². The van der Waals surface area contributed by atoms with E-state index in [1.54, 1.807) is 12.1 Å². The zero-order chi connectivity index (χ0) is 17.6. The lowest BCUT2D eigenvalue weighted by Crippen LogP contribution is -2.06. The number of anilines is 1. The summed E-state index contributed by atoms with van der Waals surface area (Å²) < 4.78 is 1.81. The lowest BCUT2D eigenvalue weighted by molar-refractivity contribution is -0.384. The Hall–Kier alpha value is -3.15. The van der Waals surface area contributed by atoms with Crippen LogP contribution in [-0.2, 0) is 6.42 Å². The van der Waals surface area contributed by atoms with Crippen molar-refractivity contribution in [1.82, 2.24) is 9.78 Å². The summed E-state index contributed by atoms with van der Waals surface area (Å²) in [7, 11) is 0. The predicted octanol–water partition coefficient (Wildman–Crippen LogP) is 4.03. The van der Waals surface area contributed by atoms with Gasteiger partial charge in [-0.05, 0) is 31.4 Å². The van der Waals surface area contributed by atoms with E-state index in [9.17, 15) is 10.1 Å². The summed E-state index contributed by atoms with van der Waals surface area (Å²) in [5.74, 6) is 0.932. The minimum absolute atomic E-state index is 0.0697. The molecular formula is C19H18N4O2. The summed E-state index contributed by atoms with van der Waals surface area (Å²) in [5, 5.41) is 19.4. The van der Waals surface area contributed by atoms with E-state index in [2.05, 4.69) is 24.4 Å². The number of aromatic nitrogens is 2. The number of non-ortho nitro benzene ring substituents is 1. The molecule has 4 rings (SSSR count). The molecule has 0 unspecified atom stereocenters. The van der Waals surface area contributed by atoms with Crippen LogP contribution in [0.5, 0.6) is 0 Å². The van der Waals surface area contributed by atoms with Gasteiger partial charge in [0.25, 0.3) is 5.69 Å². The van der Waals surface area contributed by atoms with Crippen molar-refractivity contribution in [2.24, 2.45) is 0 Å². The Bertz CT molecular complexity index is 991. The van der Waals surface area contributed by atoms with Crippen LogP contribution in [0.15, 0.2) is 42.5 Å². The fraction of sp³-hybridized carbons (Fsp3) is 0.211. The average Bonchev–Trinajstić information content (AvgIpc) is 3.18. The fourth-order valence-electron chi connectivity index (χ4n) is 3.34. The van der Waals surface area contributed by atoms with Crippen LogP contribution in [-0.4, -0.2) is 21.2 Å². The molecule has 0 fully saturated rings. The number of aryl methyl sites for hydroxylation is 2. The molecule has 0 amide bonds. The average molecular weight is 334 g/mol. The maximum Gasteiger partial charge on any atom is 0.271 e. The third-order valence-electron chi connectivity index (χ3n) is 4.68. The Balaban J connectivity index is 1.94. The van der Waals surface area contributed by atoms with E-state index in [1.807, 2.05) is 23.7 Å². The zero-order valence-electron chi connectivity index (χ0n) is 14.1. The van der Waals surface area contributed by atoms with Gasteiger partial charge in [-0.25, -0.2) is 4.68 Å². The standard InChI is InChI=1S/C19H18N4O2/c1-12-5-3-4-6-15(12)18-16-9-10-20-19(16)22(21-18)17-11-14(23(24)25)8-7-13(17)2/h3-8,11,20H,9-10H2,1-2H3. The van der Waals surface area contributed by atoms with Crippen molar-refractivity contribution >= 4 is 11.5 Å². The van der Waals surface area contributed by atoms with Crippen LogP contribution in [0.3, 0.4) is 0 Å². The molecule has 126 valence electrons. The topological polar surface area (TPSA) is 73.0 Å². The number of nitrogens with one attached hydrogen (secondary N) is 1. The molecule has 0 spiro atoms. The number of hydrogen-bond donors (Lipinski definition) is 1. The number of rotatable bonds is 3. The van der Waals surface area contributed by atoms with Gasteiger partial charge in [0.1, 0.15) is 5.82 Å². The molecule has 0 radical (unpaired) electrons. The molecule has 2 aromatic carbocycles. The van der Waals surface area contributed by atoms with Crippen LogP contribution in [0, 0.1) is 24.0 Å². The van der Waals surface area contributed by atoms with Crippen LogP contribution in [0.25, 0.3) is 16.9 Å². The number of nitrogens with zero attached hydrogens (tertiary/aromatic N) is 3. The van der Waals surface area contributed by atoms with E-state index < -0.39 is 0 Å². The molecule has 0 saturated heterocycles. The van der Waals surface area contributed by atoms with Crippen LogP contribution >= 0.6 is 0 Å². The second-order valence-corrected chi connectivity index (χ2v) is 6.31. The number of fused-ring (bicyclic) bond motifs is 1. The minimum Gasteiger partial charge on any atom is -0.369 e. The third kappa shape index (κ3) is 2.46. The number of nitro groups is 1. The molecule has 0 bridgehead atoms. The minimum atomic E-state index is -0.373. The van der Waals surface area contributed by atoms with Gasteiger partial charge in [0.05, 0.1) is 16.3 Å². The SMILES string of the molecule is Cc1ccccc1-c1nn(-c2cc([N+](=O)[O-])ccc2C)c2c1CCN2. The van der Waals surface area contributed by atoms with Gasteiger partial charge < -0.3 is 5.32 Å². The molecule has 25 heavy (non-hydrogen) atoms. The Morgan fingerprint density at radius 2 is 1.96 bits per heavy atom. The Labute approximate surface area is 145 Å². The lowest BCUT2D eigenvalue weighted by atomic mass is 10.0.